The van der Waals surface area contributed by atoms with Gasteiger partial charge in [-0.3, -0.25) is 4.79 Å². The molecule has 1 fully saturated rings. The third-order valence-corrected chi connectivity index (χ3v) is 4.61. The molecule has 6 heteroatoms. The van der Waals surface area contributed by atoms with Crippen LogP contribution < -0.4 is 15.0 Å². The Balaban J connectivity index is 1.35. The molecule has 0 aliphatic carbocycles. The van der Waals surface area contributed by atoms with Gasteiger partial charge >= 0.3 is 0 Å². The minimum Gasteiger partial charge on any atom is -0.487 e. The van der Waals surface area contributed by atoms with Crippen molar-refractivity contribution in [3.05, 3.63) is 54.1 Å². The van der Waals surface area contributed by atoms with E-state index >= 15 is 0 Å². The van der Waals surface area contributed by atoms with Gasteiger partial charge in [0, 0.05) is 6.92 Å². The summed E-state index contributed by atoms with van der Waals surface area (Å²) in [7, 11) is 0. The lowest BCUT2D eigenvalue weighted by atomic mass is 10.1. The molecule has 1 aliphatic rings. The van der Waals surface area contributed by atoms with Gasteiger partial charge in [0.05, 0.1) is 24.5 Å². The smallest absolute Gasteiger partial charge is 0.217 e. The number of aromatic nitrogens is 1. The van der Waals surface area contributed by atoms with E-state index in [1.165, 1.54) is 6.92 Å². The standard InChI is InChI=1S/C20H21N3O3/c1-13(21-14(2)24)15-7-9-16(10-8-15)25-17-11-23(12-17)20-18-5-3-4-6-19(18)26-22-20/h3-10,13,17H,11-12H2,1-2H3,(H,21,24). The van der Waals surface area contributed by atoms with Crippen molar-refractivity contribution < 1.29 is 14.1 Å². The van der Waals surface area contributed by atoms with Crippen LogP contribution in [-0.2, 0) is 4.79 Å². The highest BCUT2D eigenvalue weighted by Gasteiger charge is 2.31. The summed E-state index contributed by atoms with van der Waals surface area (Å²) in [6, 6.07) is 15.7. The number of rotatable bonds is 5. The SMILES string of the molecule is CC(=O)NC(C)c1ccc(OC2CN(c3noc4ccccc34)C2)cc1. The molecule has 1 aliphatic heterocycles. The Labute approximate surface area is 151 Å². The van der Waals surface area contributed by atoms with Crippen molar-refractivity contribution in [2.75, 3.05) is 18.0 Å². The van der Waals surface area contributed by atoms with Gasteiger partial charge in [0.15, 0.2) is 11.4 Å². The third-order valence-electron chi connectivity index (χ3n) is 4.61. The Kier molecular flexibility index (Phi) is 4.24. The normalized spacial score (nSPS) is 15.5. The number of amides is 1. The third kappa shape index (κ3) is 3.22. The van der Waals surface area contributed by atoms with Crippen molar-refractivity contribution in [3.8, 4) is 5.75 Å². The molecule has 0 radical (unpaired) electrons. The maximum atomic E-state index is 11.1. The lowest BCUT2D eigenvalue weighted by Crippen LogP contribution is -2.54. The predicted octanol–water partition coefficient (Wildman–Crippen LogP) is 3.29. The van der Waals surface area contributed by atoms with Crippen molar-refractivity contribution in [2.45, 2.75) is 26.0 Å². The predicted molar refractivity (Wildman–Crippen MR) is 99.3 cm³/mol. The highest BCUT2D eigenvalue weighted by atomic mass is 16.5. The number of fused-ring (bicyclic) bond motifs is 1. The molecule has 1 amide bonds. The van der Waals surface area contributed by atoms with Gasteiger partial charge in [-0.05, 0) is 36.8 Å². The molecule has 1 saturated heterocycles. The lowest BCUT2D eigenvalue weighted by Gasteiger charge is -2.39. The molecule has 2 heterocycles. The van der Waals surface area contributed by atoms with Crippen molar-refractivity contribution >= 4 is 22.7 Å². The number of hydrogen-bond donors (Lipinski definition) is 1. The highest BCUT2D eigenvalue weighted by molar-refractivity contribution is 5.88. The second-order valence-electron chi connectivity index (χ2n) is 6.64. The summed E-state index contributed by atoms with van der Waals surface area (Å²) in [4.78, 5) is 13.3. The van der Waals surface area contributed by atoms with Gasteiger partial charge in [0.25, 0.3) is 0 Å². The zero-order valence-electron chi connectivity index (χ0n) is 14.8. The maximum Gasteiger partial charge on any atom is 0.217 e. The van der Waals surface area contributed by atoms with Crippen LogP contribution in [-0.4, -0.2) is 30.3 Å². The van der Waals surface area contributed by atoms with E-state index in [0.29, 0.717) is 0 Å². The first-order valence-corrected chi connectivity index (χ1v) is 8.73. The van der Waals surface area contributed by atoms with Crippen LogP contribution in [0.25, 0.3) is 11.0 Å². The fourth-order valence-electron chi connectivity index (χ4n) is 3.20. The first-order chi connectivity index (χ1) is 12.6. The minimum atomic E-state index is -0.0345. The van der Waals surface area contributed by atoms with Crippen molar-refractivity contribution in [3.63, 3.8) is 0 Å². The van der Waals surface area contributed by atoms with Crippen LogP contribution in [0, 0.1) is 0 Å². The van der Waals surface area contributed by atoms with Gasteiger partial charge in [-0.15, -0.1) is 0 Å². The van der Waals surface area contributed by atoms with Crippen molar-refractivity contribution in [1.29, 1.82) is 0 Å². The number of benzene rings is 2. The van der Waals surface area contributed by atoms with Gasteiger partial charge in [-0.2, -0.15) is 0 Å². The molecule has 4 rings (SSSR count). The van der Waals surface area contributed by atoms with E-state index in [-0.39, 0.29) is 18.1 Å². The van der Waals surface area contributed by atoms with E-state index < -0.39 is 0 Å². The molecule has 0 bridgehead atoms. The minimum absolute atomic E-state index is 0.0128. The molecule has 0 saturated carbocycles. The zero-order valence-corrected chi connectivity index (χ0v) is 14.8. The molecular weight excluding hydrogens is 330 g/mol. The van der Waals surface area contributed by atoms with Crippen LogP contribution >= 0.6 is 0 Å². The van der Waals surface area contributed by atoms with Gasteiger partial charge in [-0.1, -0.05) is 29.4 Å². The fourth-order valence-corrected chi connectivity index (χ4v) is 3.20. The Hall–Kier alpha value is -3.02. The molecular formula is C20H21N3O3. The maximum absolute atomic E-state index is 11.1. The number of nitrogens with zero attached hydrogens (tertiary/aromatic N) is 2. The number of carbonyl (C=O) groups excluding carboxylic acids is 1. The molecule has 3 aromatic rings. The number of para-hydroxylation sites is 1. The summed E-state index contributed by atoms with van der Waals surface area (Å²) < 4.78 is 11.4. The van der Waals surface area contributed by atoms with E-state index in [9.17, 15) is 4.79 Å². The Bertz CT molecular complexity index is 913. The second kappa shape index (κ2) is 6.71. The van der Waals surface area contributed by atoms with Crippen LogP contribution in [0.15, 0.2) is 53.1 Å². The first kappa shape index (κ1) is 16.4. The molecule has 6 nitrogen and oxygen atoms in total. The first-order valence-electron chi connectivity index (χ1n) is 8.73. The van der Waals surface area contributed by atoms with E-state index in [2.05, 4.69) is 15.4 Å². The van der Waals surface area contributed by atoms with E-state index in [1.54, 1.807) is 0 Å². The monoisotopic (exact) mass is 351 g/mol. The van der Waals surface area contributed by atoms with Crippen LogP contribution in [0.4, 0.5) is 5.82 Å². The molecule has 1 unspecified atom stereocenters. The summed E-state index contributed by atoms with van der Waals surface area (Å²) in [5.41, 5.74) is 1.85. The Morgan fingerprint density at radius 3 is 2.69 bits per heavy atom. The molecule has 1 N–H and O–H groups in total. The summed E-state index contributed by atoms with van der Waals surface area (Å²) in [6.07, 6.45) is 0.129. The molecule has 1 atom stereocenters. The molecule has 0 spiro atoms. The quantitative estimate of drug-likeness (QED) is 0.764. The largest absolute Gasteiger partial charge is 0.487 e. The van der Waals surface area contributed by atoms with E-state index in [0.717, 1.165) is 41.2 Å². The number of hydrogen-bond acceptors (Lipinski definition) is 5. The van der Waals surface area contributed by atoms with Gasteiger partial charge in [-0.25, -0.2) is 0 Å². The lowest BCUT2D eigenvalue weighted by molar-refractivity contribution is -0.119. The number of ether oxygens (including phenoxy) is 1. The number of anilines is 1. The van der Waals surface area contributed by atoms with E-state index in [4.69, 9.17) is 9.26 Å². The topological polar surface area (TPSA) is 67.6 Å². The Morgan fingerprint density at radius 1 is 1.23 bits per heavy atom. The molecule has 1 aromatic heterocycles. The average Bonchev–Trinajstić information content (AvgIpc) is 3.01. The van der Waals surface area contributed by atoms with Crippen molar-refractivity contribution in [1.82, 2.24) is 10.5 Å². The van der Waals surface area contributed by atoms with E-state index in [1.807, 2.05) is 55.5 Å². The molecule has 134 valence electrons. The zero-order chi connectivity index (χ0) is 18.1. The number of nitrogens with one attached hydrogen (secondary N) is 1. The fraction of sp³-hybridized carbons (Fsp3) is 0.300. The van der Waals surface area contributed by atoms with Crippen molar-refractivity contribution in [2.24, 2.45) is 0 Å². The van der Waals surface area contributed by atoms with Gasteiger partial charge in [0.2, 0.25) is 5.91 Å². The van der Waals surface area contributed by atoms with Gasteiger partial charge in [0.1, 0.15) is 11.9 Å². The Morgan fingerprint density at radius 2 is 1.96 bits per heavy atom. The highest BCUT2D eigenvalue weighted by Crippen LogP contribution is 2.30. The number of carbonyl (C=O) groups is 1. The second-order valence-corrected chi connectivity index (χ2v) is 6.64. The summed E-state index contributed by atoms with van der Waals surface area (Å²) in [6.45, 7) is 5.04. The van der Waals surface area contributed by atoms with Crippen LogP contribution in [0.5, 0.6) is 5.75 Å². The average molecular weight is 351 g/mol. The summed E-state index contributed by atoms with van der Waals surface area (Å²) >= 11 is 0. The summed E-state index contributed by atoms with van der Waals surface area (Å²) in [5.74, 6) is 1.67. The van der Waals surface area contributed by atoms with Crippen LogP contribution in [0.3, 0.4) is 0 Å². The van der Waals surface area contributed by atoms with Crippen LogP contribution in [0.1, 0.15) is 25.5 Å². The molecule has 2 aromatic carbocycles. The van der Waals surface area contributed by atoms with Gasteiger partial charge < -0.3 is 19.5 Å². The van der Waals surface area contributed by atoms with Crippen LogP contribution in [0.2, 0.25) is 0 Å². The molecule has 26 heavy (non-hydrogen) atoms. The summed E-state index contributed by atoms with van der Waals surface area (Å²) in [5, 5.41) is 8.08.